The van der Waals surface area contributed by atoms with Gasteiger partial charge in [0.25, 0.3) is 5.91 Å². The van der Waals surface area contributed by atoms with Gasteiger partial charge in [0, 0.05) is 17.1 Å². The molecule has 0 aliphatic rings. The molecule has 1 amide bonds. The fourth-order valence-corrected chi connectivity index (χ4v) is 2.93. The van der Waals surface area contributed by atoms with E-state index in [1.165, 1.54) is 0 Å². The predicted molar refractivity (Wildman–Crippen MR) is 118 cm³/mol. The molecule has 2 N–H and O–H groups in total. The molecule has 0 fully saturated rings. The molecule has 0 unspecified atom stereocenters. The van der Waals surface area contributed by atoms with Crippen molar-refractivity contribution in [1.82, 2.24) is 0 Å². The Balaban J connectivity index is 1.34. The number of benzene rings is 3. The van der Waals surface area contributed by atoms with Crippen LogP contribution in [-0.2, 0) is 6.61 Å². The van der Waals surface area contributed by atoms with Gasteiger partial charge in [-0.25, -0.2) is 0 Å². The highest BCUT2D eigenvalue weighted by Gasteiger charge is 2.12. The quantitative estimate of drug-likeness (QED) is 0.407. The largest absolute Gasteiger partial charge is 0.484 e. The van der Waals surface area contributed by atoms with Gasteiger partial charge in [-0.2, -0.15) is 5.26 Å². The molecule has 0 atom stereocenters. The predicted octanol–water partition coefficient (Wildman–Crippen LogP) is 5.73. The van der Waals surface area contributed by atoms with Gasteiger partial charge in [-0.15, -0.1) is 0 Å². The first-order chi connectivity index (χ1) is 15.2. The molecule has 31 heavy (non-hydrogen) atoms. The average molecular weight is 409 g/mol. The van der Waals surface area contributed by atoms with E-state index in [0.29, 0.717) is 22.8 Å². The molecule has 0 aliphatic carbocycles. The number of furan rings is 1. The van der Waals surface area contributed by atoms with Crippen LogP contribution in [0.4, 0.5) is 17.1 Å². The SMILES string of the molecule is N#Cc1ccccc1OCc1ccc(C(=O)Nc2ccc(Nc3ccccc3)cc2)o1. The van der Waals surface area contributed by atoms with E-state index in [1.807, 2.05) is 54.6 Å². The number of nitrogens with zero attached hydrogens (tertiary/aromatic N) is 1. The Hall–Kier alpha value is -4.50. The van der Waals surface area contributed by atoms with Crippen molar-refractivity contribution in [2.24, 2.45) is 0 Å². The van der Waals surface area contributed by atoms with Gasteiger partial charge in [-0.3, -0.25) is 4.79 Å². The number of carbonyl (C=O) groups is 1. The second-order valence-corrected chi connectivity index (χ2v) is 6.69. The van der Waals surface area contributed by atoms with Gasteiger partial charge in [0.15, 0.2) is 5.76 Å². The van der Waals surface area contributed by atoms with Crippen molar-refractivity contribution in [3.63, 3.8) is 0 Å². The number of hydrogen-bond acceptors (Lipinski definition) is 5. The molecule has 0 saturated heterocycles. The maximum Gasteiger partial charge on any atom is 0.291 e. The topological polar surface area (TPSA) is 87.3 Å². The molecule has 4 aromatic rings. The molecule has 6 nitrogen and oxygen atoms in total. The molecule has 3 aromatic carbocycles. The summed E-state index contributed by atoms with van der Waals surface area (Å²) in [6, 6.07) is 29.5. The van der Waals surface area contributed by atoms with Crippen LogP contribution in [0.25, 0.3) is 0 Å². The van der Waals surface area contributed by atoms with Crippen molar-refractivity contribution in [2.45, 2.75) is 6.61 Å². The van der Waals surface area contributed by atoms with Gasteiger partial charge in [-0.05, 0) is 60.7 Å². The van der Waals surface area contributed by atoms with E-state index in [1.54, 1.807) is 36.4 Å². The van der Waals surface area contributed by atoms with Gasteiger partial charge < -0.3 is 19.8 Å². The van der Waals surface area contributed by atoms with Gasteiger partial charge in [0.1, 0.15) is 24.2 Å². The Morgan fingerprint density at radius 1 is 0.839 bits per heavy atom. The summed E-state index contributed by atoms with van der Waals surface area (Å²) in [5.74, 6) is 0.781. The number of nitrogens with one attached hydrogen (secondary N) is 2. The lowest BCUT2D eigenvalue weighted by atomic mass is 10.2. The summed E-state index contributed by atoms with van der Waals surface area (Å²) in [7, 11) is 0. The van der Waals surface area contributed by atoms with E-state index in [-0.39, 0.29) is 18.3 Å². The first-order valence-electron chi connectivity index (χ1n) is 9.65. The number of hydrogen-bond donors (Lipinski definition) is 2. The van der Waals surface area contributed by atoms with Crippen molar-refractivity contribution >= 4 is 23.0 Å². The van der Waals surface area contributed by atoms with Crippen LogP contribution in [0.2, 0.25) is 0 Å². The van der Waals surface area contributed by atoms with Crippen LogP contribution >= 0.6 is 0 Å². The van der Waals surface area contributed by atoms with E-state index in [9.17, 15) is 4.79 Å². The third-order valence-electron chi connectivity index (χ3n) is 4.47. The van der Waals surface area contributed by atoms with E-state index in [0.717, 1.165) is 11.4 Å². The van der Waals surface area contributed by atoms with E-state index in [2.05, 4.69) is 16.7 Å². The minimum absolute atomic E-state index is 0.117. The Labute approximate surface area is 179 Å². The summed E-state index contributed by atoms with van der Waals surface area (Å²) in [4.78, 5) is 12.5. The van der Waals surface area contributed by atoms with Crippen LogP contribution in [-0.4, -0.2) is 5.91 Å². The highest BCUT2D eigenvalue weighted by atomic mass is 16.5. The van der Waals surface area contributed by atoms with Crippen molar-refractivity contribution < 1.29 is 13.9 Å². The lowest BCUT2D eigenvalue weighted by molar-refractivity contribution is 0.0992. The molecule has 0 bridgehead atoms. The molecular formula is C25H19N3O3. The van der Waals surface area contributed by atoms with Crippen molar-refractivity contribution in [2.75, 3.05) is 10.6 Å². The molecule has 6 heteroatoms. The van der Waals surface area contributed by atoms with Crippen molar-refractivity contribution in [3.05, 3.63) is 108 Å². The molecule has 152 valence electrons. The second kappa shape index (κ2) is 9.33. The highest BCUT2D eigenvalue weighted by molar-refractivity contribution is 6.02. The molecule has 0 spiro atoms. The van der Waals surface area contributed by atoms with E-state index >= 15 is 0 Å². The number of amides is 1. The molecule has 0 radical (unpaired) electrons. The molecule has 4 rings (SSSR count). The maximum atomic E-state index is 12.5. The third-order valence-corrected chi connectivity index (χ3v) is 4.47. The first-order valence-corrected chi connectivity index (χ1v) is 9.65. The monoisotopic (exact) mass is 409 g/mol. The number of para-hydroxylation sites is 2. The highest BCUT2D eigenvalue weighted by Crippen LogP contribution is 2.21. The number of nitriles is 1. The van der Waals surface area contributed by atoms with E-state index in [4.69, 9.17) is 14.4 Å². The zero-order valence-corrected chi connectivity index (χ0v) is 16.5. The molecule has 0 aliphatic heterocycles. The maximum absolute atomic E-state index is 12.5. The third kappa shape index (κ3) is 5.11. The van der Waals surface area contributed by atoms with Crippen molar-refractivity contribution in [3.8, 4) is 11.8 Å². The summed E-state index contributed by atoms with van der Waals surface area (Å²) in [5.41, 5.74) is 3.00. The van der Waals surface area contributed by atoms with Crippen LogP contribution < -0.4 is 15.4 Å². The van der Waals surface area contributed by atoms with Crippen molar-refractivity contribution in [1.29, 1.82) is 5.26 Å². The minimum Gasteiger partial charge on any atom is -0.484 e. The fraction of sp³-hybridized carbons (Fsp3) is 0.0400. The Morgan fingerprint density at radius 3 is 2.29 bits per heavy atom. The van der Waals surface area contributed by atoms with E-state index < -0.39 is 0 Å². The average Bonchev–Trinajstić information content (AvgIpc) is 3.29. The summed E-state index contributed by atoms with van der Waals surface area (Å²) in [6.07, 6.45) is 0. The Morgan fingerprint density at radius 2 is 1.52 bits per heavy atom. The van der Waals surface area contributed by atoms with Crippen LogP contribution in [0.5, 0.6) is 5.75 Å². The number of rotatable bonds is 7. The molecule has 1 aromatic heterocycles. The Bertz CT molecular complexity index is 1210. The molecular weight excluding hydrogens is 390 g/mol. The number of carbonyl (C=O) groups excluding carboxylic acids is 1. The number of ether oxygens (including phenoxy) is 1. The lowest BCUT2D eigenvalue weighted by Crippen LogP contribution is -2.10. The van der Waals surface area contributed by atoms with Crippen LogP contribution in [0.3, 0.4) is 0 Å². The van der Waals surface area contributed by atoms with Crippen LogP contribution in [0.1, 0.15) is 21.9 Å². The van der Waals surface area contributed by atoms with Gasteiger partial charge in [0.05, 0.1) is 5.56 Å². The van der Waals surface area contributed by atoms with Crippen LogP contribution in [0.15, 0.2) is 95.4 Å². The normalized spacial score (nSPS) is 10.2. The zero-order valence-electron chi connectivity index (χ0n) is 16.5. The Kier molecular flexibility index (Phi) is 5.96. The minimum atomic E-state index is -0.354. The van der Waals surface area contributed by atoms with Gasteiger partial charge in [0.2, 0.25) is 0 Å². The first kappa shape index (κ1) is 19.8. The fourth-order valence-electron chi connectivity index (χ4n) is 2.93. The summed E-state index contributed by atoms with van der Waals surface area (Å²) in [6.45, 7) is 0.117. The molecule has 0 saturated carbocycles. The second-order valence-electron chi connectivity index (χ2n) is 6.69. The number of anilines is 3. The van der Waals surface area contributed by atoms with Crippen LogP contribution in [0, 0.1) is 11.3 Å². The lowest BCUT2D eigenvalue weighted by Gasteiger charge is -2.08. The molecule has 1 heterocycles. The standard InChI is InChI=1S/C25H19N3O3/c26-16-18-6-4-5-9-23(18)30-17-22-14-15-24(31-22)25(29)28-21-12-10-20(11-13-21)27-19-7-2-1-3-8-19/h1-15,27H,17H2,(H,28,29). The smallest absolute Gasteiger partial charge is 0.291 e. The van der Waals surface area contributed by atoms with Gasteiger partial charge >= 0.3 is 0 Å². The summed E-state index contributed by atoms with van der Waals surface area (Å²) < 4.78 is 11.2. The zero-order chi connectivity index (χ0) is 21.5. The summed E-state index contributed by atoms with van der Waals surface area (Å²) in [5, 5.41) is 15.2. The summed E-state index contributed by atoms with van der Waals surface area (Å²) >= 11 is 0. The van der Waals surface area contributed by atoms with Gasteiger partial charge in [-0.1, -0.05) is 30.3 Å².